The van der Waals surface area contributed by atoms with Gasteiger partial charge in [-0.05, 0) is 44.1 Å². The second-order valence-corrected chi connectivity index (χ2v) is 4.90. The smallest absolute Gasteiger partial charge is 0.193 e. The van der Waals surface area contributed by atoms with Crippen molar-refractivity contribution < 1.29 is 9.15 Å². The zero-order valence-corrected chi connectivity index (χ0v) is 12.2. The number of piperidine rings is 1. The molecule has 1 N–H and O–H groups in total. The molecule has 20 heavy (non-hydrogen) atoms. The Kier molecular flexibility index (Phi) is 4.68. The Balaban J connectivity index is 0.00000147. The largest absolute Gasteiger partial charge is 0.497 e. The van der Waals surface area contributed by atoms with Gasteiger partial charge in [0.2, 0.25) is 0 Å². The molecule has 0 spiro atoms. The average molecular weight is 296 g/mol. The quantitative estimate of drug-likeness (QED) is 0.925. The third-order valence-electron chi connectivity index (χ3n) is 3.69. The third kappa shape index (κ3) is 2.81. The molecule has 0 bridgehead atoms. The van der Waals surface area contributed by atoms with Gasteiger partial charge in [0, 0.05) is 12.0 Å². The summed E-state index contributed by atoms with van der Waals surface area (Å²) in [7, 11) is 1.59. The van der Waals surface area contributed by atoms with E-state index in [-0.39, 0.29) is 17.8 Å². The predicted molar refractivity (Wildman–Crippen MR) is 81.1 cm³/mol. The molecule has 5 heteroatoms. The number of hydrogen-bond donors (Lipinski definition) is 1. The molecule has 3 rings (SSSR count). The van der Waals surface area contributed by atoms with Gasteiger partial charge in [-0.15, -0.1) is 12.4 Å². The highest BCUT2D eigenvalue weighted by Gasteiger charge is 2.19. The SMILES string of the molecule is COc1ccc2oc(C3CCNCC3)cc(=O)c2c1.Cl. The van der Waals surface area contributed by atoms with Crippen molar-refractivity contribution in [1.82, 2.24) is 5.32 Å². The molecule has 0 amide bonds. The summed E-state index contributed by atoms with van der Waals surface area (Å²) in [6.45, 7) is 1.96. The first-order chi connectivity index (χ1) is 9.28. The molecule has 1 aromatic carbocycles. The van der Waals surface area contributed by atoms with Crippen molar-refractivity contribution in [3.8, 4) is 5.75 Å². The van der Waals surface area contributed by atoms with E-state index in [9.17, 15) is 4.79 Å². The first kappa shape index (κ1) is 14.9. The highest BCUT2D eigenvalue weighted by atomic mass is 35.5. The molecule has 108 valence electrons. The van der Waals surface area contributed by atoms with Crippen molar-refractivity contribution >= 4 is 23.4 Å². The van der Waals surface area contributed by atoms with Gasteiger partial charge in [0.25, 0.3) is 0 Å². The van der Waals surface area contributed by atoms with E-state index in [1.165, 1.54) is 0 Å². The van der Waals surface area contributed by atoms with E-state index in [0.29, 0.717) is 22.6 Å². The third-order valence-corrected chi connectivity index (χ3v) is 3.69. The molecule has 0 radical (unpaired) electrons. The Labute approximate surface area is 123 Å². The van der Waals surface area contributed by atoms with Crippen LogP contribution in [0, 0.1) is 0 Å². The maximum Gasteiger partial charge on any atom is 0.193 e. The summed E-state index contributed by atoms with van der Waals surface area (Å²) >= 11 is 0. The zero-order valence-electron chi connectivity index (χ0n) is 11.3. The lowest BCUT2D eigenvalue weighted by Gasteiger charge is -2.21. The minimum atomic E-state index is 0. The zero-order chi connectivity index (χ0) is 13.2. The number of nitrogens with one attached hydrogen (secondary N) is 1. The van der Waals surface area contributed by atoms with Crippen LogP contribution in [0.2, 0.25) is 0 Å². The number of ether oxygens (including phenoxy) is 1. The van der Waals surface area contributed by atoms with Crippen LogP contribution in [0.5, 0.6) is 5.75 Å². The van der Waals surface area contributed by atoms with Gasteiger partial charge >= 0.3 is 0 Å². The molecule has 4 nitrogen and oxygen atoms in total. The van der Waals surface area contributed by atoms with Gasteiger partial charge in [0.05, 0.1) is 12.5 Å². The van der Waals surface area contributed by atoms with Crippen LogP contribution in [0.4, 0.5) is 0 Å². The molecule has 2 heterocycles. The molecule has 2 aromatic rings. The fraction of sp³-hybridized carbons (Fsp3) is 0.400. The molecule has 0 atom stereocenters. The molecule has 0 aliphatic carbocycles. The number of halogens is 1. The minimum absolute atomic E-state index is 0. The molecule has 0 unspecified atom stereocenters. The van der Waals surface area contributed by atoms with Crippen molar-refractivity contribution in [3.05, 3.63) is 40.2 Å². The molecular weight excluding hydrogens is 278 g/mol. The molecule has 1 aliphatic rings. The summed E-state index contributed by atoms with van der Waals surface area (Å²) in [5.41, 5.74) is 0.649. The summed E-state index contributed by atoms with van der Waals surface area (Å²) in [4.78, 5) is 12.2. The lowest BCUT2D eigenvalue weighted by Crippen LogP contribution is -2.27. The van der Waals surface area contributed by atoms with Crippen molar-refractivity contribution in [1.29, 1.82) is 0 Å². The summed E-state index contributed by atoms with van der Waals surface area (Å²) in [5.74, 6) is 1.83. The van der Waals surface area contributed by atoms with Crippen LogP contribution >= 0.6 is 12.4 Å². The van der Waals surface area contributed by atoms with Gasteiger partial charge in [-0.25, -0.2) is 0 Å². The van der Waals surface area contributed by atoms with Gasteiger partial charge in [0.1, 0.15) is 17.1 Å². The van der Waals surface area contributed by atoms with Gasteiger partial charge in [-0.2, -0.15) is 0 Å². The average Bonchev–Trinajstić information content (AvgIpc) is 2.48. The number of methoxy groups -OCH3 is 1. The second-order valence-electron chi connectivity index (χ2n) is 4.90. The monoisotopic (exact) mass is 295 g/mol. The van der Waals surface area contributed by atoms with Crippen LogP contribution in [-0.2, 0) is 0 Å². The van der Waals surface area contributed by atoms with E-state index in [1.807, 2.05) is 6.07 Å². The van der Waals surface area contributed by atoms with E-state index in [1.54, 1.807) is 25.3 Å². The van der Waals surface area contributed by atoms with Crippen LogP contribution in [0.25, 0.3) is 11.0 Å². The molecule has 1 saturated heterocycles. The number of fused-ring (bicyclic) bond motifs is 1. The van der Waals surface area contributed by atoms with Gasteiger partial charge < -0.3 is 14.5 Å². The summed E-state index contributed by atoms with van der Waals surface area (Å²) in [5, 5.41) is 3.90. The van der Waals surface area contributed by atoms with E-state index < -0.39 is 0 Å². The Bertz CT molecular complexity index is 647. The number of hydrogen-bond acceptors (Lipinski definition) is 4. The fourth-order valence-electron chi connectivity index (χ4n) is 2.59. The first-order valence-electron chi connectivity index (χ1n) is 6.60. The Morgan fingerprint density at radius 1 is 1.25 bits per heavy atom. The molecule has 0 saturated carbocycles. The van der Waals surface area contributed by atoms with E-state index >= 15 is 0 Å². The molecule has 1 fully saturated rings. The van der Waals surface area contributed by atoms with Crippen LogP contribution in [0.15, 0.2) is 33.5 Å². The topological polar surface area (TPSA) is 51.5 Å². The predicted octanol–water partition coefficient (Wildman–Crippen LogP) is 2.69. The van der Waals surface area contributed by atoms with Crippen LogP contribution < -0.4 is 15.5 Å². The normalized spacial score (nSPS) is 15.8. The van der Waals surface area contributed by atoms with Crippen LogP contribution in [0.1, 0.15) is 24.5 Å². The highest BCUT2D eigenvalue weighted by Crippen LogP contribution is 2.27. The van der Waals surface area contributed by atoms with Crippen molar-refractivity contribution in [2.24, 2.45) is 0 Å². The van der Waals surface area contributed by atoms with Gasteiger partial charge in [0.15, 0.2) is 5.43 Å². The molecule has 1 aliphatic heterocycles. The maximum absolute atomic E-state index is 12.2. The molecule has 1 aromatic heterocycles. The number of rotatable bonds is 2. The minimum Gasteiger partial charge on any atom is -0.497 e. The Morgan fingerprint density at radius 2 is 2.00 bits per heavy atom. The number of benzene rings is 1. The second kappa shape index (κ2) is 6.29. The van der Waals surface area contributed by atoms with Crippen molar-refractivity contribution in [2.75, 3.05) is 20.2 Å². The lowest BCUT2D eigenvalue weighted by molar-refractivity contribution is 0.391. The maximum atomic E-state index is 12.2. The lowest BCUT2D eigenvalue weighted by atomic mass is 9.95. The Morgan fingerprint density at radius 3 is 2.70 bits per heavy atom. The van der Waals surface area contributed by atoms with Gasteiger partial charge in [-0.1, -0.05) is 0 Å². The van der Waals surface area contributed by atoms with Crippen LogP contribution in [-0.4, -0.2) is 20.2 Å². The van der Waals surface area contributed by atoms with Crippen molar-refractivity contribution in [3.63, 3.8) is 0 Å². The van der Waals surface area contributed by atoms with Crippen molar-refractivity contribution in [2.45, 2.75) is 18.8 Å². The fourth-order valence-corrected chi connectivity index (χ4v) is 2.59. The Hall–Kier alpha value is -1.52. The molecular formula is C15H18ClNO3. The summed E-state index contributed by atoms with van der Waals surface area (Å²) < 4.78 is 11.0. The first-order valence-corrected chi connectivity index (χ1v) is 6.60. The van der Waals surface area contributed by atoms with Crippen LogP contribution in [0.3, 0.4) is 0 Å². The van der Waals surface area contributed by atoms with E-state index in [2.05, 4.69) is 5.32 Å². The van der Waals surface area contributed by atoms with E-state index in [0.717, 1.165) is 31.7 Å². The highest BCUT2D eigenvalue weighted by molar-refractivity contribution is 5.85. The van der Waals surface area contributed by atoms with Gasteiger partial charge in [-0.3, -0.25) is 4.79 Å². The standard InChI is InChI=1S/C15H17NO3.ClH/c1-18-11-2-3-14-12(8-11)13(17)9-15(19-14)10-4-6-16-7-5-10;/h2-3,8-10,16H,4-7H2,1H3;1H. The van der Waals surface area contributed by atoms with E-state index in [4.69, 9.17) is 9.15 Å². The summed E-state index contributed by atoms with van der Waals surface area (Å²) in [6.07, 6.45) is 2.04. The summed E-state index contributed by atoms with van der Waals surface area (Å²) in [6, 6.07) is 6.99.